The Kier molecular flexibility index (Phi) is 5.55. The number of nitrogens with zero attached hydrogens (tertiary/aromatic N) is 2. The van der Waals surface area contributed by atoms with Crippen molar-refractivity contribution in [3.63, 3.8) is 0 Å². The standard InChI is InChI=1S/C40H34N2/c1-25-21-29(41-35-17-9-5-13-31(35)32-14-6-10-18-36(32)41)22-26(2)39(25)40-27(3)23-30(24-28(40)4)42-37-19-11-7-15-33(37)34-16-8-12-20-38(34)42/h5-15,17-24,34H,16H2,1-4H3. The van der Waals surface area contributed by atoms with Gasteiger partial charge in [0.1, 0.15) is 0 Å². The first kappa shape index (κ1) is 24.9. The lowest BCUT2D eigenvalue weighted by atomic mass is 9.88. The van der Waals surface area contributed by atoms with Gasteiger partial charge in [0.05, 0.1) is 11.0 Å². The number of allylic oxidation sites excluding steroid dienone is 4. The van der Waals surface area contributed by atoms with Crippen molar-refractivity contribution in [1.82, 2.24) is 4.57 Å². The zero-order chi connectivity index (χ0) is 28.5. The van der Waals surface area contributed by atoms with Crippen molar-refractivity contribution < 1.29 is 0 Å². The fraction of sp³-hybridized carbons (Fsp3) is 0.150. The number of aryl methyl sites for hydroxylation is 4. The van der Waals surface area contributed by atoms with E-state index in [1.165, 1.54) is 83.5 Å². The van der Waals surface area contributed by atoms with E-state index in [-0.39, 0.29) is 0 Å². The van der Waals surface area contributed by atoms with Gasteiger partial charge in [-0.15, -0.1) is 0 Å². The fourth-order valence-electron chi connectivity index (χ4n) is 7.68. The first-order chi connectivity index (χ1) is 20.5. The van der Waals surface area contributed by atoms with Crippen molar-refractivity contribution in [3.8, 4) is 16.8 Å². The third-order valence-corrected chi connectivity index (χ3v) is 9.32. The summed E-state index contributed by atoms with van der Waals surface area (Å²) in [4.78, 5) is 2.48. The topological polar surface area (TPSA) is 8.17 Å². The van der Waals surface area contributed by atoms with Crippen LogP contribution in [0.5, 0.6) is 0 Å². The van der Waals surface area contributed by atoms with Crippen LogP contribution in [0.25, 0.3) is 38.6 Å². The van der Waals surface area contributed by atoms with Gasteiger partial charge in [-0.05, 0) is 122 Å². The van der Waals surface area contributed by atoms with Crippen LogP contribution in [0.3, 0.4) is 0 Å². The number of fused-ring (bicyclic) bond motifs is 6. The molecule has 2 aliphatic rings. The molecular formula is C40H34N2. The van der Waals surface area contributed by atoms with E-state index in [2.05, 4.69) is 152 Å². The highest BCUT2D eigenvalue weighted by atomic mass is 15.2. The monoisotopic (exact) mass is 542 g/mol. The Balaban J connectivity index is 1.26. The van der Waals surface area contributed by atoms with Crippen LogP contribution in [0.2, 0.25) is 0 Å². The third-order valence-electron chi connectivity index (χ3n) is 9.32. The zero-order valence-corrected chi connectivity index (χ0v) is 24.6. The minimum atomic E-state index is 0.435. The van der Waals surface area contributed by atoms with E-state index in [0.29, 0.717) is 5.92 Å². The van der Waals surface area contributed by atoms with Crippen molar-refractivity contribution in [2.24, 2.45) is 0 Å². The van der Waals surface area contributed by atoms with Crippen LogP contribution in [0.1, 0.15) is 40.2 Å². The number of anilines is 2. The van der Waals surface area contributed by atoms with Crippen LogP contribution in [0, 0.1) is 27.7 Å². The summed E-state index contributed by atoms with van der Waals surface area (Å²) in [6.45, 7) is 9.10. The van der Waals surface area contributed by atoms with Gasteiger partial charge in [0.15, 0.2) is 0 Å². The van der Waals surface area contributed by atoms with Crippen LogP contribution in [0.15, 0.2) is 121 Å². The number of benzene rings is 5. The Morgan fingerprint density at radius 3 is 1.74 bits per heavy atom. The van der Waals surface area contributed by atoms with Crippen LogP contribution >= 0.6 is 0 Å². The Labute approximate surface area is 247 Å². The molecule has 6 aromatic rings. The molecule has 0 fully saturated rings. The highest BCUT2D eigenvalue weighted by Gasteiger charge is 2.34. The molecule has 0 N–H and O–H groups in total. The minimum Gasteiger partial charge on any atom is -0.313 e. The van der Waals surface area contributed by atoms with Crippen molar-refractivity contribution in [2.75, 3.05) is 4.90 Å². The maximum absolute atomic E-state index is 2.48. The van der Waals surface area contributed by atoms with Crippen molar-refractivity contribution >= 4 is 33.2 Å². The molecule has 1 aliphatic heterocycles. The molecule has 0 spiro atoms. The quantitative estimate of drug-likeness (QED) is 0.216. The minimum absolute atomic E-state index is 0.435. The summed E-state index contributed by atoms with van der Waals surface area (Å²) in [7, 11) is 0. The average molecular weight is 543 g/mol. The van der Waals surface area contributed by atoms with E-state index in [9.17, 15) is 0 Å². The highest BCUT2D eigenvalue weighted by molar-refractivity contribution is 6.09. The first-order valence-corrected chi connectivity index (χ1v) is 15.0. The highest BCUT2D eigenvalue weighted by Crippen LogP contribution is 2.51. The second-order valence-corrected chi connectivity index (χ2v) is 12.0. The Hall–Kier alpha value is -4.82. The smallest absolute Gasteiger partial charge is 0.0541 e. The molecule has 1 atom stereocenters. The Morgan fingerprint density at radius 2 is 1.12 bits per heavy atom. The van der Waals surface area contributed by atoms with E-state index in [1.54, 1.807) is 0 Å². The van der Waals surface area contributed by atoms with Crippen LogP contribution < -0.4 is 4.90 Å². The van der Waals surface area contributed by atoms with E-state index in [1.807, 2.05) is 0 Å². The summed E-state index contributed by atoms with van der Waals surface area (Å²) in [5.41, 5.74) is 17.0. The molecular weight excluding hydrogens is 508 g/mol. The molecule has 1 unspecified atom stereocenters. The van der Waals surface area contributed by atoms with Gasteiger partial charge in [0.25, 0.3) is 0 Å². The maximum atomic E-state index is 2.48. The molecule has 5 aromatic carbocycles. The third kappa shape index (κ3) is 3.58. The molecule has 8 rings (SSSR count). The molecule has 0 amide bonds. The van der Waals surface area contributed by atoms with Gasteiger partial charge in [-0.3, -0.25) is 0 Å². The number of rotatable bonds is 3. The van der Waals surface area contributed by atoms with Crippen LogP contribution in [-0.4, -0.2) is 4.57 Å². The van der Waals surface area contributed by atoms with Crippen LogP contribution in [0.4, 0.5) is 11.4 Å². The molecule has 1 aliphatic carbocycles. The van der Waals surface area contributed by atoms with Gasteiger partial charge in [-0.25, -0.2) is 0 Å². The SMILES string of the molecule is Cc1cc(N2C3=CC=CCC3c3ccccc32)cc(C)c1-c1c(C)cc(-n2c3ccccc3c3ccccc32)cc1C. The number of aromatic nitrogens is 1. The predicted molar refractivity (Wildman–Crippen MR) is 178 cm³/mol. The van der Waals surface area contributed by atoms with Crippen molar-refractivity contribution in [1.29, 1.82) is 0 Å². The first-order valence-electron chi connectivity index (χ1n) is 15.0. The summed E-state index contributed by atoms with van der Waals surface area (Å²) in [5, 5.41) is 2.59. The second-order valence-electron chi connectivity index (χ2n) is 12.0. The fourth-order valence-corrected chi connectivity index (χ4v) is 7.68. The maximum Gasteiger partial charge on any atom is 0.0541 e. The summed E-state index contributed by atoms with van der Waals surface area (Å²) >= 11 is 0. The molecule has 42 heavy (non-hydrogen) atoms. The van der Waals surface area contributed by atoms with Gasteiger partial charge < -0.3 is 9.47 Å². The summed E-state index contributed by atoms with van der Waals surface area (Å²) in [6.07, 6.45) is 7.87. The predicted octanol–water partition coefficient (Wildman–Crippen LogP) is 10.8. The molecule has 0 saturated carbocycles. The normalized spacial score (nSPS) is 15.8. The van der Waals surface area contributed by atoms with E-state index in [0.717, 1.165) is 6.42 Å². The molecule has 0 radical (unpaired) electrons. The molecule has 1 aromatic heterocycles. The molecule has 204 valence electrons. The lowest BCUT2D eigenvalue weighted by Gasteiger charge is -2.27. The Morgan fingerprint density at radius 1 is 0.595 bits per heavy atom. The molecule has 2 nitrogen and oxygen atoms in total. The van der Waals surface area contributed by atoms with Crippen molar-refractivity contribution in [2.45, 2.75) is 40.0 Å². The van der Waals surface area contributed by atoms with Gasteiger partial charge in [-0.2, -0.15) is 0 Å². The van der Waals surface area contributed by atoms with Crippen molar-refractivity contribution in [3.05, 3.63) is 149 Å². The summed E-state index contributed by atoms with van der Waals surface area (Å²) < 4.78 is 2.42. The Bertz CT molecular complexity index is 2020. The number of para-hydroxylation sites is 3. The van der Waals surface area contributed by atoms with Gasteiger partial charge in [0, 0.05) is 39.4 Å². The molecule has 2 heteroatoms. The second kappa shape index (κ2) is 9.36. The average Bonchev–Trinajstić information content (AvgIpc) is 3.51. The molecule has 0 bridgehead atoms. The molecule has 0 saturated heterocycles. The summed E-state index contributed by atoms with van der Waals surface area (Å²) in [6, 6.07) is 35.9. The number of hydrogen-bond acceptors (Lipinski definition) is 1. The molecule has 2 heterocycles. The van der Waals surface area contributed by atoms with E-state index < -0.39 is 0 Å². The van der Waals surface area contributed by atoms with Gasteiger partial charge in [-0.1, -0.05) is 66.7 Å². The van der Waals surface area contributed by atoms with E-state index >= 15 is 0 Å². The van der Waals surface area contributed by atoms with Crippen LogP contribution in [-0.2, 0) is 0 Å². The largest absolute Gasteiger partial charge is 0.313 e. The van der Waals surface area contributed by atoms with E-state index in [4.69, 9.17) is 0 Å². The number of hydrogen-bond donors (Lipinski definition) is 0. The van der Waals surface area contributed by atoms with Gasteiger partial charge in [0.2, 0.25) is 0 Å². The lowest BCUT2D eigenvalue weighted by Crippen LogP contribution is -2.15. The van der Waals surface area contributed by atoms with Gasteiger partial charge >= 0.3 is 0 Å². The summed E-state index contributed by atoms with van der Waals surface area (Å²) in [5.74, 6) is 0.435. The lowest BCUT2D eigenvalue weighted by molar-refractivity contribution is 0.819. The zero-order valence-electron chi connectivity index (χ0n) is 24.6.